The number of hydrogen-bond donors (Lipinski definition) is 1. The van der Waals surface area contributed by atoms with Crippen LogP contribution in [0.2, 0.25) is 0 Å². The standard InChI is InChI=1S/C4H6Br2O2/c5-3(6)1-2-4(7)8/h3H,1-2H2,(H,7,8). The van der Waals surface area contributed by atoms with Gasteiger partial charge in [0.1, 0.15) is 0 Å². The van der Waals surface area contributed by atoms with Gasteiger partial charge < -0.3 is 5.11 Å². The Kier molecular flexibility index (Phi) is 4.56. The fourth-order valence-corrected chi connectivity index (χ4v) is 0.690. The van der Waals surface area contributed by atoms with Crippen LogP contribution < -0.4 is 0 Å². The first-order chi connectivity index (χ1) is 3.63. The first kappa shape index (κ1) is 8.43. The summed E-state index contributed by atoms with van der Waals surface area (Å²) in [6.07, 6.45) is 0.830. The summed E-state index contributed by atoms with van der Waals surface area (Å²) < 4.78 is 0.131. The van der Waals surface area contributed by atoms with Crippen LogP contribution in [0, 0.1) is 0 Å². The maximum atomic E-state index is 9.86. The Bertz CT molecular complexity index is 82.1. The van der Waals surface area contributed by atoms with Crippen LogP contribution in [0.1, 0.15) is 12.8 Å². The SMILES string of the molecule is O=C(O)CCC(Br)Br. The largest absolute Gasteiger partial charge is 0.481 e. The molecule has 0 atom stereocenters. The van der Waals surface area contributed by atoms with E-state index in [2.05, 4.69) is 31.9 Å². The van der Waals surface area contributed by atoms with Crippen molar-refractivity contribution in [1.29, 1.82) is 0 Å². The smallest absolute Gasteiger partial charge is 0.303 e. The summed E-state index contributed by atoms with van der Waals surface area (Å²) in [6, 6.07) is 0. The molecule has 0 aromatic heterocycles. The second kappa shape index (κ2) is 4.32. The minimum absolute atomic E-state index is 0.131. The molecule has 0 spiro atoms. The molecule has 0 rings (SSSR count). The number of halogens is 2. The highest BCUT2D eigenvalue weighted by atomic mass is 79.9. The molecule has 0 aliphatic carbocycles. The first-order valence-electron chi connectivity index (χ1n) is 2.13. The molecular weight excluding hydrogens is 240 g/mol. The fourth-order valence-electron chi connectivity index (χ4n) is 0.233. The van der Waals surface area contributed by atoms with Crippen LogP contribution in [-0.4, -0.2) is 14.8 Å². The van der Waals surface area contributed by atoms with Crippen LogP contribution in [0.25, 0.3) is 0 Å². The van der Waals surface area contributed by atoms with Gasteiger partial charge in [0.25, 0.3) is 0 Å². The monoisotopic (exact) mass is 244 g/mol. The van der Waals surface area contributed by atoms with E-state index in [-0.39, 0.29) is 10.2 Å². The van der Waals surface area contributed by atoms with Crippen LogP contribution in [-0.2, 0) is 4.79 Å². The Hall–Kier alpha value is 0.430. The van der Waals surface area contributed by atoms with E-state index in [1.54, 1.807) is 0 Å². The molecule has 0 radical (unpaired) electrons. The molecule has 48 valence electrons. The van der Waals surface area contributed by atoms with E-state index >= 15 is 0 Å². The summed E-state index contributed by atoms with van der Waals surface area (Å²) in [5.74, 6) is -0.756. The van der Waals surface area contributed by atoms with Gasteiger partial charge in [-0.2, -0.15) is 0 Å². The lowest BCUT2D eigenvalue weighted by molar-refractivity contribution is -0.137. The van der Waals surface area contributed by atoms with Crippen molar-refractivity contribution < 1.29 is 9.90 Å². The van der Waals surface area contributed by atoms with Crippen LogP contribution in [0.3, 0.4) is 0 Å². The molecule has 0 fully saturated rings. The molecule has 0 saturated carbocycles. The molecule has 0 aromatic rings. The van der Waals surface area contributed by atoms with Crippen LogP contribution in [0.15, 0.2) is 0 Å². The minimum atomic E-state index is -0.756. The summed E-state index contributed by atoms with van der Waals surface area (Å²) in [5.41, 5.74) is 0. The number of hydrogen-bond acceptors (Lipinski definition) is 1. The molecule has 0 heterocycles. The van der Waals surface area contributed by atoms with Crippen LogP contribution >= 0.6 is 31.9 Å². The van der Waals surface area contributed by atoms with E-state index in [0.717, 1.165) is 0 Å². The molecular formula is C4H6Br2O2. The molecule has 0 bridgehead atoms. The van der Waals surface area contributed by atoms with Crippen molar-refractivity contribution in [1.82, 2.24) is 0 Å². The maximum Gasteiger partial charge on any atom is 0.303 e. The molecule has 4 heteroatoms. The minimum Gasteiger partial charge on any atom is -0.481 e. The lowest BCUT2D eigenvalue weighted by atomic mass is 10.3. The van der Waals surface area contributed by atoms with E-state index in [0.29, 0.717) is 6.42 Å². The van der Waals surface area contributed by atoms with E-state index in [4.69, 9.17) is 5.11 Å². The van der Waals surface area contributed by atoms with E-state index in [1.807, 2.05) is 0 Å². The third kappa shape index (κ3) is 6.43. The van der Waals surface area contributed by atoms with E-state index in [9.17, 15) is 4.79 Å². The Balaban J connectivity index is 3.05. The average molecular weight is 246 g/mol. The molecule has 0 saturated heterocycles. The molecule has 0 amide bonds. The highest BCUT2D eigenvalue weighted by molar-refractivity contribution is 9.24. The molecule has 0 unspecified atom stereocenters. The predicted octanol–water partition coefficient (Wildman–Crippen LogP) is 1.97. The fraction of sp³-hybridized carbons (Fsp3) is 0.750. The van der Waals surface area contributed by atoms with Gasteiger partial charge in [-0.1, -0.05) is 31.9 Å². The van der Waals surface area contributed by atoms with Gasteiger partial charge in [0.15, 0.2) is 0 Å². The van der Waals surface area contributed by atoms with Crippen molar-refractivity contribution in [2.75, 3.05) is 0 Å². The second-order valence-corrected chi connectivity index (χ2v) is 4.76. The Labute approximate surface area is 64.5 Å². The molecule has 0 aliphatic heterocycles. The Morgan fingerprint density at radius 3 is 2.25 bits per heavy atom. The predicted molar refractivity (Wildman–Crippen MR) is 38.5 cm³/mol. The lowest BCUT2D eigenvalue weighted by Gasteiger charge is -1.94. The Morgan fingerprint density at radius 2 is 2.12 bits per heavy atom. The normalized spacial score (nSPS) is 9.88. The van der Waals surface area contributed by atoms with Gasteiger partial charge in [0, 0.05) is 6.42 Å². The number of carboxylic acids is 1. The van der Waals surface area contributed by atoms with Crippen LogP contribution in [0.5, 0.6) is 0 Å². The zero-order valence-corrected chi connectivity index (χ0v) is 7.27. The third-order valence-corrected chi connectivity index (χ3v) is 1.49. The van der Waals surface area contributed by atoms with Crippen molar-refractivity contribution in [3.05, 3.63) is 0 Å². The second-order valence-electron chi connectivity index (χ2n) is 1.32. The van der Waals surface area contributed by atoms with Gasteiger partial charge in [-0.25, -0.2) is 0 Å². The lowest BCUT2D eigenvalue weighted by Crippen LogP contribution is -1.96. The van der Waals surface area contributed by atoms with E-state index in [1.165, 1.54) is 0 Å². The van der Waals surface area contributed by atoms with Crippen LogP contribution in [0.4, 0.5) is 0 Å². The molecule has 2 nitrogen and oxygen atoms in total. The zero-order chi connectivity index (χ0) is 6.57. The van der Waals surface area contributed by atoms with Crippen molar-refractivity contribution in [3.63, 3.8) is 0 Å². The third-order valence-electron chi connectivity index (χ3n) is 0.576. The summed E-state index contributed by atoms with van der Waals surface area (Å²) in [5, 5.41) is 8.12. The van der Waals surface area contributed by atoms with Gasteiger partial charge in [-0.05, 0) is 6.42 Å². The van der Waals surface area contributed by atoms with Gasteiger partial charge in [0.2, 0.25) is 0 Å². The zero-order valence-electron chi connectivity index (χ0n) is 4.10. The highest BCUT2D eigenvalue weighted by Gasteiger charge is 2.00. The number of rotatable bonds is 3. The number of aliphatic carboxylic acids is 1. The van der Waals surface area contributed by atoms with Gasteiger partial charge >= 0.3 is 5.97 Å². The number of carboxylic acid groups (broad SMARTS) is 1. The highest BCUT2D eigenvalue weighted by Crippen LogP contribution is 2.13. The maximum absolute atomic E-state index is 9.86. The average Bonchev–Trinajstić information content (AvgIpc) is 1.61. The molecule has 0 aliphatic rings. The molecule has 1 N–H and O–H groups in total. The van der Waals surface area contributed by atoms with Gasteiger partial charge in [-0.15, -0.1) is 0 Å². The first-order valence-corrected chi connectivity index (χ1v) is 3.96. The van der Waals surface area contributed by atoms with Crippen molar-refractivity contribution >= 4 is 37.8 Å². The summed E-state index contributed by atoms with van der Waals surface area (Å²) in [6.45, 7) is 0. The van der Waals surface area contributed by atoms with Gasteiger partial charge in [-0.3, -0.25) is 4.79 Å². The number of carbonyl (C=O) groups is 1. The number of alkyl halides is 2. The Morgan fingerprint density at radius 1 is 1.62 bits per heavy atom. The van der Waals surface area contributed by atoms with Gasteiger partial charge in [0.05, 0.1) is 3.74 Å². The quantitative estimate of drug-likeness (QED) is 0.772. The summed E-state index contributed by atoms with van der Waals surface area (Å²) >= 11 is 6.31. The molecule has 8 heavy (non-hydrogen) atoms. The summed E-state index contributed by atoms with van der Waals surface area (Å²) in [4.78, 5) is 9.86. The summed E-state index contributed by atoms with van der Waals surface area (Å²) in [7, 11) is 0. The topological polar surface area (TPSA) is 37.3 Å². The van der Waals surface area contributed by atoms with Crippen molar-refractivity contribution in [2.24, 2.45) is 0 Å². The van der Waals surface area contributed by atoms with E-state index < -0.39 is 5.97 Å². The molecule has 0 aromatic carbocycles. The van der Waals surface area contributed by atoms with Crippen molar-refractivity contribution in [3.8, 4) is 0 Å². The van der Waals surface area contributed by atoms with Crippen molar-refractivity contribution in [2.45, 2.75) is 16.6 Å².